The lowest BCUT2D eigenvalue weighted by Gasteiger charge is -2.09. The number of carbonyl (C=O) groups is 2. The topological polar surface area (TPSA) is 76.0 Å². The van der Waals surface area contributed by atoms with E-state index < -0.39 is 11.8 Å². The van der Waals surface area contributed by atoms with Crippen molar-refractivity contribution in [3.8, 4) is 11.4 Å². The minimum absolute atomic E-state index is 0.335. The Labute approximate surface area is 164 Å². The summed E-state index contributed by atoms with van der Waals surface area (Å²) in [6.07, 6.45) is 4.38. The number of nitrogens with zero attached hydrogens (tertiary/aromatic N) is 2. The molecule has 0 bridgehead atoms. The molecule has 6 nitrogen and oxygen atoms in total. The number of rotatable bonds is 7. The van der Waals surface area contributed by atoms with Gasteiger partial charge in [-0.15, -0.1) is 0 Å². The van der Waals surface area contributed by atoms with Gasteiger partial charge in [-0.05, 0) is 18.9 Å². The van der Waals surface area contributed by atoms with Gasteiger partial charge in [-0.25, -0.2) is 4.98 Å². The van der Waals surface area contributed by atoms with E-state index in [1.54, 1.807) is 6.20 Å². The third kappa shape index (κ3) is 5.30. The number of hydrogen-bond donors (Lipinski definition) is 2. The van der Waals surface area contributed by atoms with Crippen LogP contribution >= 0.6 is 0 Å². The molecule has 0 unspecified atom stereocenters. The fourth-order valence-electron chi connectivity index (χ4n) is 2.84. The van der Waals surface area contributed by atoms with E-state index in [0.717, 1.165) is 22.5 Å². The van der Waals surface area contributed by atoms with Gasteiger partial charge in [-0.1, -0.05) is 60.2 Å². The molecule has 0 fully saturated rings. The Hall–Kier alpha value is -3.41. The summed E-state index contributed by atoms with van der Waals surface area (Å²) in [4.78, 5) is 28.2. The van der Waals surface area contributed by atoms with Gasteiger partial charge in [-0.3, -0.25) is 9.59 Å². The Morgan fingerprint density at radius 1 is 0.964 bits per heavy atom. The highest BCUT2D eigenvalue weighted by atomic mass is 16.2. The molecule has 2 aromatic carbocycles. The van der Waals surface area contributed by atoms with Gasteiger partial charge in [0.2, 0.25) is 0 Å². The number of aryl methyl sites for hydroxylation is 2. The van der Waals surface area contributed by atoms with Crippen molar-refractivity contribution in [3.63, 3.8) is 0 Å². The molecule has 3 rings (SSSR count). The molecule has 0 aliphatic carbocycles. The van der Waals surface area contributed by atoms with Gasteiger partial charge in [0.05, 0.1) is 0 Å². The molecule has 3 aromatic rings. The van der Waals surface area contributed by atoms with Crippen molar-refractivity contribution in [3.05, 3.63) is 78.1 Å². The molecular weight excluding hydrogens is 352 g/mol. The summed E-state index contributed by atoms with van der Waals surface area (Å²) in [5.74, 6) is -0.336. The van der Waals surface area contributed by atoms with E-state index in [4.69, 9.17) is 0 Å². The maximum absolute atomic E-state index is 11.9. The summed E-state index contributed by atoms with van der Waals surface area (Å²) in [5.41, 5.74) is 3.16. The zero-order valence-corrected chi connectivity index (χ0v) is 15.9. The fraction of sp³-hybridized carbons (Fsp3) is 0.227. The van der Waals surface area contributed by atoms with Crippen LogP contribution in [0, 0.1) is 6.92 Å². The first-order chi connectivity index (χ1) is 13.6. The highest BCUT2D eigenvalue weighted by Gasteiger charge is 2.12. The Bertz CT molecular complexity index is 917. The van der Waals surface area contributed by atoms with Gasteiger partial charge in [0.15, 0.2) is 0 Å². The van der Waals surface area contributed by atoms with E-state index in [-0.39, 0.29) is 0 Å². The minimum atomic E-state index is -0.617. The Balaban J connectivity index is 1.40. The molecular formula is C22H24N4O2. The van der Waals surface area contributed by atoms with Gasteiger partial charge in [-0.2, -0.15) is 0 Å². The third-order valence-electron chi connectivity index (χ3n) is 4.39. The quantitative estimate of drug-likeness (QED) is 0.492. The smallest absolute Gasteiger partial charge is 0.309 e. The van der Waals surface area contributed by atoms with Gasteiger partial charge < -0.3 is 15.2 Å². The van der Waals surface area contributed by atoms with Gasteiger partial charge in [0.1, 0.15) is 5.82 Å². The van der Waals surface area contributed by atoms with E-state index in [0.29, 0.717) is 26.1 Å². The summed E-state index contributed by atoms with van der Waals surface area (Å²) in [5, 5.41) is 5.30. The molecule has 0 radical (unpaired) electrons. The maximum atomic E-state index is 11.9. The molecule has 0 spiro atoms. The van der Waals surface area contributed by atoms with Crippen LogP contribution in [-0.4, -0.2) is 27.9 Å². The number of nitrogens with one attached hydrogen (secondary N) is 2. The highest BCUT2D eigenvalue weighted by molar-refractivity contribution is 6.35. The number of aromatic nitrogens is 2. The minimum Gasteiger partial charge on any atom is -0.348 e. The molecule has 0 aliphatic rings. The number of hydrogen-bond acceptors (Lipinski definition) is 3. The normalized spacial score (nSPS) is 10.5. The zero-order chi connectivity index (χ0) is 19.8. The second-order valence-corrected chi connectivity index (χ2v) is 6.59. The SMILES string of the molecule is Cc1ccc(CNC(=O)C(=O)NCCCn2ccnc2-c2ccccc2)cc1. The standard InChI is InChI=1S/C22H24N4O2/c1-17-8-10-18(11-9-17)16-25-22(28)21(27)24-12-5-14-26-15-13-23-20(26)19-6-3-2-4-7-19/h2-4,6-11,13,15H,5,12,14,16H2,1H3,(H,24,27)(H,25,28). The van der Waals surface area contributed by atoms with Crippen LogP contribution in [0.3, 0.4) is 0 Å². The predicted octanol–water partition coefficient (Wildman–Crippen LogP) is 2.68. The molecule has 0 saturated carbocycles. The molecule has 0 atom stereocenters. The van der Waals surface area contributed by atoms with Crippen molar-refractivity contribution >= 4 is 11.8 Å². The first-order valence-corrected chi connectivity index (χ1v) is 9.31. The Morgan fingerprint density at radius 2 is 1.68 bits per heavy atom. The molecule has 1 heterocycles. The summed E-state index contributed by atoms with van der Waals surface area (Å²) in [7, 11) is 0. The van der Waals surface area contributed by atoms with Gasteiger partial charge in [0, 0.05) is 37.6 Å². The molecule has 144 valence electrons. The second kappa shape index (κ2) is 9.50. The zero-order valence-electron chi connectivity index (χ0n) is 15.9. The fourth-order valence-corrected chi connectivity index (χ4v) is 2.84. The van der Waals surface area contributed by atoms with Crippen molar-refractivity contribution in [1.82, 2.24) is 20.2 Å². The van der Waals surface area contributed by atoms with Gasteiger partial charge in [0.25, 0.3) is 0 Å². The first-order valence-electron chi connectivity index (χ1n) is 9.31. The van der Waals surface area contributed by atoms with Crippen LogP contribution in [0.1, 0.15) is 17.5 Å². The second-order valence-electron chi connectivity index (χ2n) is 6.59. The van der Waals surface area contributed by atoms with Crippen LogP contribution in [0.25, 0.3) is 11.4 Å². The van der Waals surface area contributed by atoms with E-state index in [2.05, 4.69) is 15.6 Å². The summed E-state index contributed by atoms with van der Waals surface area (Å²) >= 11 is 0. The van der Waals surface area contributed by atoms with Crippen LogP contribution in [0.2, 0.25) is 0 Å². The largest absolute Gasteiger partial charge is 0.348 e. The lowest BCUT2D eigenvalue weighted by Crippen LogP contribution is -2.40. The summed E-state index contributed by atoms with van der Waals surface area (Å²) in [6.45, 7) is 3.46. The summed E-state index contributed by atoms with van der Waals surface area (Å²) < 4.78 is 2.04. The number of carbonyl (C=O) groups excluding carboxylic acids is 2. The molecule has 2 amide bonds. The van der Waals surface area contributed by atoms with Crippen molar-refractivity contribution in [2.24, 2.45) is 0 Å². The van der Waals surface area contributed by atoms with E-state index in [1.165, 1.54) is 0 Å². The lowest BCUT2D eigenvalue weighted by molar-refractivity contribution is -0.139. The van der Waals surface area contributed by atoms with Crippen LogP contribution < -0.4 is 10.6 Å². The highest BCUT2D eigenvalue weighted by Crippen LogP contribution is 2.16. The number of imidazole rings is 1. The lowest BCUT2D eigenvalue weighted by atomic mass is 10.1. The Morgan fingerprint density at radius 3 is 2.43 bits per heavy atom. The monoisotopic (exact) mass is 376 g/mol. The molecule has 0 saturated heterocycles. The van der Waals surface area contributed by atoms with Crippen LogP contribution in [0.5, 0.6) is 0 Å². The van der Waals surface area contributed by atoms with Gasteiger partial charge >= 0.3 is 11.8 Å². The average Bonchev–Trinajstić information content (AvgIpc) is 3.19. The third-order valence-corrected chi connectivity index (χ3v) is 4.39. The first kappa shape index (κ1) is 19.4. The van der Waals surface area contributed by atoms with Crippen molar-refractivity contribution in [2.45, 2.75) is 26.4 Å². The predicted molar refractivity (Wildman–Crippen MR) is 108 cm³/mol. The number of amides is 2. The van der Waals surface area contributed by atoms with Crippen LogP contribution in [0.4, 0.5) is 0 Å². The molecule has 2 N–H and O–H groups in total. The molecule has 1 aromatic heterocycles. The molecule has 6 heteroatoms. The van der Waals surface area contributed by atoms with E-state index >= 15 is 0 Å². The van der Waals surface area contributed by atoms with Crippen molar-refractivity contribution in [1.29, 1.82) is 0 Å². The molecule has 0 aliphatic heterocycles. The average molecular weight is 376 g/mol. The Kier molecular flexibility index (Phi) is 6.57. The summed E-state index contributed by atoms with van der Waals surface area (Å²) in [6, 6.07) is 17.8. The van der Waals surface area contributed by atoms with Crippen molar-refractivity contribution < 1.29 is 9.59 Å². The van der Waals surface area contributed by atoms with E-state index in [9.17, 15) is 9.59 Å². The number of benzene rings is 2. The van der Waals surface area contributed by atoms with Crippen molar-refractivity contribution in [2.75, 3.05) is 6.54 Å². The van der Waals surface area contributed by atoms with E-state index in [1.807, 2.05) is 72.3 Å². The van der Waals surface area contributed by atoms with Crippen LogP contribution in [-0.2, 0) is 22.7 Å². The molecule has 28 heavy (non-hydrogen) atoms. The maximum Gasteiger partial charge on any atom is 0.309 e. The van der Waals surface area contributed by atoms with Crippen LogP contribution in [0.15, 0.2) is 67.0 Å².